The molecule has 4 rings (SSSR count). The fraction of sp³-hybridized carbons (Fsp3) is 0.444. The monoisotopic (exact) mass is 379 g/mol. The van der Waals surface area contributed by atoms with E-state index in [9.17, 15) is 4.79 Å². The maximum absolute atomic E-state index is 12.8. The first kappa shape index (κ1) is 16.9. The van der Waals surface area contributed by atoms with E-state index in [0.29, 0.717) is 34.7 Å². The van der Waals surface area contributed by atoms with Gasteiger partial charge >= 0.3 is 0 Å². The van der Waals surface area contributed by atoms with Crippen LogP contribution in [-0.2, 0) is 4.74 Å². The molecule has 1 aromatic heterocycles. The molecule has 1 aliphatic heterocycles. The van der Waals surface area contributed by atoms with Crippen LogP contribution in [0, 0.1) is 0 Å². The minimum absolute atomic E-state index is 0.0647. The molecule has 1 aromatic carbocycles. The molecule has 0 bridgehead atoms. The Hall–Kier alpha value is -1.56. The van der Waals surface area contributed by atoms with Crippen LogP contribution in [0.1, 0.15) is 47.7 Å². The number of ether oxygens (including phenoxy) is 1. The van der Waals surface area contributed by atoms with Crippen LogP contribution in [0.3, 0.4) is 0 Å². The van der Waals surface area contributed by atoms with E-state index in [0.717, 1.165) is 37.1 Å². The lowest BCUT2D eigenvalue weighted by Crippen LogP contribution is -2.39. The van der Waals surface area contributed by atoms with Gasteiger partial charge in [0.05, 0.1) is 28.2 Å². The van der Waals surface area contributed by atoms with Gasteiger partial charge in [0.15, 0.2) is 0 Å². The number of carbonyl (C=O) groups is 1. The first-order chi connectivity index (χ1) is 12.1. The average Bonchev–Trinajstić information content (AvgIpc) is 3.34. The van der Waals surface area contributed by atoms with E-state index in [1.165, 1.54) is 0 Å². The van der Waals surface area contributed by atoms with Crippen molar-refractivity contribution in [2.24, 2.45) is 0 Å². The minimum atomic E-state index is -0.0647. The summed E-state index contributed by atoms with van der Waals surface area (Å²) < 4.78 is 7.14. The number of nitrogens with one attached hydrogen (secondary N) is 1. The molecule has 1 amide bonds. The zero-order valence-corrected chi connectivity index (χ0v) is 15.2. The van der Waals surface area contributed by atoms with E-state index in [4.69, 9.17) is 27.9 Å². The van der Waals surface area contributed by atoms with Crippen LogP contribution in [0.15, 0.2) is 24.4 Å². The fourth-order valence-electron chi connectivity index (χ4n) is 3.23. The standard InChI is InChI=1S/C18H19Cl2N3O2/c19-12-3-4-16(15(20)9-12)23-17(11-1-2-11)14(10-21-23)18(24)22-13-5-7-25-8-6-13/h3-4,9-11,13H,1-2,5-8H2,(H,22,24). The normalized spacial score (nSPS) is 18.3. The summed E-state index contributed by atoms with van der Waals surface area (Å²) in [5.74, 6) is 0.287. The van der Waals surface area contributed by atoms with Gasteiger partial charge in [0, 0.05) is 30.2 Å². The fourth-order valence-corrected chi connectivity index (χ4v) is 3.72. The van der Waals surface area contributed by atoms with Crippen molar-refractivity contribution < 1.29 is 9.53 Å². The van der Waals surface area contributed by atoms with Gasteiger partial charge in [0.25, 0.3) is 5.91 Å². The van der Waals surface area contributed by atoms with Gasteiger partial charge in [-0.1, -0.05) is 23.2 Å². The van der Waals surface area contributed by atoms with Crippen LogP contribution in [0.4, 0.5) is 0 Å². The molecule has 2 heterocycles. The summed E-state index contributed by atoms with van der Waals surface area (Å²) in [4.78, 5) is 12.8. The Labute approximate surface area is 156 Å². The molecule has 0 atom stereocenters. The second-order valence-corrected chi connectivity index (χ2v) is 7.43. The van der Waals surface area contributed by atoms with Gasteiger partial charge in [0.1, 0.15) is 0 Å². The third-order valence-corrected chi connectivity index (χ3v) is 5.25. The molecule has 0 spiro atoms. The zero-order valence-electron chi connectivity index (χ0n) is 13.7. The topological polar surface area (TPSA) is 56.1 Å². The van der Waals surface area contributed by atoms with Crippen LogP contribution >= 0.6 is 23.2 Å². The molecule has 132 valence electrons. The Morgan fingerprint density at radius 1 is 1.20 bits per heavy atom. The predicted octanol–water partition coefficient (Wildman–Crippen LogP) is 3.97. The molecular weight excluding hydrogens is 361 g/mol. The maximum atomic E-state index is 12.8. The summed E-state index contributed by atoms with van der Waals surface area (Å²) in [6.07, 6.45) is 5.47. The summed E-state index contributed by atoms with van der Waals surface area (Å²) >= 11 is 12.3. The van der Waals surface area contributed by atoms with Crippen LogP contribution in [0.5, 0.6) is 0 Å². The van der Waals surface area contributed by atoms with Crippen molar-refractivity contribution in [2.45, 2.75) is 37.6 Å². The molecule has 7 heteroatoms. The highest BCUT2D eigenvalue weighted by atomic mass is 35.5. The van der Waals surface area contributed by atoms with Gasteiger partial charge in [-0.3, -0.25) is 4.79 Å². The lowest BCUT2D eigenvalue weighted by atomic mass is 10.1. The average molecular weight is 380 g/mol. The minimum Gasteiger partial charge on any atom is -0.381 e. The van der Waals surface area contributed by atoms with Crippen molar-refractivity contribution in [3.8, 4) is 5.69 Å². The van der Waals surface area contributed by atoms with Crippen molar-refractivity contribution in [1.82, 2.24) is 15.1 Å². The number of carbonyl (C=O) groups excluding carboxylic acids is 1. The number of hydrogen-bond acceptors (Lipinski definition) is 3. The van der Waals surface area contributed by atoms with E-state index in [1.807, 2.05) is 6.07 Å². The second kappa shape index (κ2) is 6.98. The SMILES string of the molecule is O=C(NC1CCOCC1)c1cnn(-c2ccc(Cl)cc2Cl)c1C1CC1. The van der Waals surface area contributed by atoms with Crippen molar-refractivity contribution in [3.05, 3.63) is 45.7 Å². The smallest absolute Gasteiger partial charge is 0.255 e. The van der Waals surface area contributed by atoms with Gasteiger partial charge in [-0.25, -0.2) is 4.68 Å². The highest BCUT2D eigenvalue weighted by Crippen LogP contribution is 2.43. The largest absolute Gasteiger partial charge is 0.381 e. The number of benzene rings is 1. The zero-order chi connectivity index (χ0) is 17.4. The number of halogens is 2. The molecule has 0 radical (unpaired) electrons. The van der Waals surface area contributed by atoms with E-state index in [1.54, 1.807) is 23.0 Å². The van der Waals surface area contributed by atoms with Crippen molar-refractivity contribution >= 4 is 29.1 Å². The highest BCUT2D eigenvalue weighted by Gasteiger charge is 2.33. The van der Waals surface area contributed by atoms with Crippen LogP contribution in [0.2, 0.25) is 10.0 Å². The predicted molar refractivity (Wildman–Crippen MR) is 96.9 cm³/mol. The third-order valence-electron chi connectivity index (χ3n) is 4.71. The molecule has 1 N–H and O–H groups in total. The Balaban J connectivity index is 1.65. The van der Waals surface area contributed by atoms with Crippen molar-refractivity contribution in [3.63, 3.8) is 0 Å². The number of nitrogens with zero attached hydrogens (tertiary/aromatic N) is 2. The van der Waals surface area contributed by atoms with Crippen molar-refractivity contribution in [2.75, 3.05) is 13.2 Å². The molecule has 0 unspecified atom stereocenters. The quantitative estimate of drug-likeness (QED) is 0.874. The molecule has 1 saturated heterocycles. The Morgan fingerprint density at radius 3 is 2.64 bits per heavy atom. The number of aromatic nitrogens is 2. The lowest BCUT2D eigenvalue weighted by molar-refractivity contribution is 0.0696. The summed E-state index contributed by atoms with van der Waals surface area (Å²) in [5.41, 5.74) is 2.33. The molecule has 2 fully saturated rings. The summed E-state index contributed by atoms with van der Waals surface area (Å²) in [7, 11) is 0. The molecule has 5 nitrogen and oxygen atoms in total. The third kappa shape index (κ3) is 3.54. The van der Waals surface area contributed by atoms with E-state index in [2.05, 4.69) is 10.4 Å². The molecule has 25 heavy (non-hydrogen) atoms. The van der Waals surface area contributed by atoms with Crippen LogP contribution in [-0.4, -0.2) is 34.9 Å². The highest BCUT2D eigenvalue weighted by molar-refractivity contribution is 6.35. The summed E-state index contributed by atoms with van der Waals surface area (Å²) in [5, 5.41) is 8.67. The Bertz CT molecular complexity index is 796. The second-order valence-electron chi connectivity index (χ2n) is 6.59. The van der Waals surface area contributed by atoms with Gasteiger partial charge < -0.3 is 10.1 Å². The molecule has 1 aliphatic carbocycles. The maximum Gasteiger partial charge on any atom is 0.255 e. The van der Waals surface area contributed by atoms with Gasteiger partial charge in [-0.05, 0) is 43.9 Å². The first-order valence-corrected chi connectivity index (χ1v) is 9.31. The van der Waals surface area contributed by atoms with Crippen molar-refractivity contribution in [1.29, 1.82) is 0 Å². The van der Waals surface area contributed by atoms with E-state index < -0.39 is 0 Å². The Kier molecular flexibility index (Phi) is 4.71. The lowest BCUT2D eigenvalue weighted by Gasteiger charge is -2.23. The van der Waals surface area contributed by atoms with E-state index in [-0.39, 0.29) is 11.9 Å². The Morgan fingerprint density at radius 2 is 1.96 bits per heavy atom. The number of hydrogen-bond donors (Lipinski definition) is 1. The molecular formula is C18H19Cl2N3O2. The van der Waals surface area contributed by atoms with Crippen LogP contribution < -0.4 is 5.32 Å². The van der Waals surface area contributed by atoms with E-state index >= 15 is 0 Å². The van der Waals surface area contributed by atoms with Gasteiger partial charge in [-0.15, -0.1) is 0 Å². The molecule has 2 aromatic rings. The summed E-state index contributed by atoms with van der Waals surface area (Å²) in [6, 6.07) is 5.47. The van der Waals surface area contributed by atoms with Crippen LogP contribution in [0.25, 0.3) is 5.69 Å². The first-order valence-electron chi connectivity index (χ1n) is 8.55. The molecule has 2 aliphatic rings. The number of rotatable bonds is 4. The van der Waals surface area contributed by atoms with Gasteiger partial charge in [-0.2, -0.15) is 5.10 Å². The summed E-state index contributed by atoms with van der Waals surface area (Å²) in [6.45, 7) is 1.39. The van der Waals surface area contributed by atoms with Gasteiger partial charge in [0.2, 0.25) is 0 Å². The molecule has 1 saturated carbocycles. The number of amides is 1.